The number of piperidine rings is 1. The van der Waals surface area contributed by atoms with Crippen molar-refractivity contribution in [2.45, 2.75) is 52.5 Å². The van der Waals surface area contributed by atoms with Crippen LogP contribution < -0.4 is 5.69 Å². The van der Waals surface area contributed by atoms with Crippen molar-refractivity contribution < 1.29 is 0 Å². The molecule has 1 aromatic heterocycles. The maximum absolute atomic E-state index is 12.3. The zero-order valence-electron chi connectivity index (χ0n) is 14.6. The predicted octanol–water partition coefficient (Wildman–Crippen LogP) is 3.79. The zero-order valence-corrected chi connectivity index (χ0v) is 14.6. The van der Waals surface area contributed by atoms with Crippen LogP contribution in [0.15, 0.2) is 29.1 Å². The summed E-state index contributed by atoms with van der Waals surface area (Å²) in [6.07, 6.45) is 4.67. The molecule has 2 aromatic rings. The van der Waals surface area contributed by atoms with Crippen LogP contribution in [0.2, 0.25) is 0 Å². The van der Waals surface area contributed by atoms with Crippen LogP contribution in [0.4, 0.5) is 0 Å². The van der Waals surface area contributed by atoms with Crippen molar-refractivity contribution in [3.63, 3.8) is 0 Å². The van der Waals surface area contributed by atoms with E-state index in [1.165, 1.54) is 19.4 Å². The molecular weight excluding hydrogens is 286 g/mol. The maximum Gasteiger partial charge on any atom is 0.326 e. The van der Waals surface area contributed by atoms with E-state index in [2.05, 4.69) is 30.7 Å². The number of benzene rings is 1. The van der Waals surface area contributed by atoms with Crippen LogP contribution in [0.5, 0.6) is 0 Å². The highest BCUT2D eigenvalue weighted by Crippen LogP contribution is 2.26. The Balaban J connectivity index is 1.60. The van der Waals surface area contributed by atoms with E-state index in [9.17, 15) is 4.79 Å². The molecule has 3 rings (SSSR count). The van der Waals surface area contributed by atoms with Gasteiger partial charge in [0.25, 0.3) is 0 Å². The lowest BCUT2D eigenvalue weighted by Crippen LogP contribution is -2.37. The van der Waals surface area contributed by atoms with Gasteiger partial charge < -0.3 is 9.88 Å². The highest BCUT2D eigenvalue weighted by molar-refractivity contribution is 5.75. The Labute approximate surface area is 138 Å². The number of likely N-dealkylation sites (tertiary alicyclic amines) is 1. The first-order valence-electron chi connectivity index (χ1n) is 8.86. The summed E-state index contributed by atoms with van der Waals surface area (Å²) >= 11 is 0. The number of nitrogens with zero attached hydrogens (tertiary/aromatic N) is 2. The summed E-state index contributed by atoms with van der Waals surface area (Å²) in [7, 11) is 0. The van der Waals surface area contributed by atoms with E-state index in [1.54, 1.807) is 0 Å². The first kappa shape index (κ1) is 16.3. The Morgan fingerprint density at radius 1 is 1.17 bits per heavy atom. The van der Waals surface area contributed by atoms with Crippen molar-refractivity contribution in [3.05, 3.63) is 34.7 Å². The molecule has 1 aliphatic rings. The lowest BCUT2D eigenvalue weighted by molar-refractivity contribution is 0.177. The molecule has 2 heterocycles. The number of fused-ring (bicyclic) bond motifs is 1. The van der Waals surface area contributed by atoms with Gasteiger partial charge in [-0.25, -0.2) is 4.79 Å². The lowest BCUT2D eigenvalue weighted by atomic mass is 9.90. The van der Waals surface area contributed by atoms with Crippen molar-refractivity contribution in [3.8, 4) is 0 Å². The molecule has 4 nitrogen and oxygen atoms in total. The van der Waals surface area contributed by atoms with Crippen molar-refractivity contribution in [2.24, 2.45) is 5.41 Å². The molecular formula is C19H29N3O. The van der Waals surface area contributed by atoms with Crippen molar-refractivity contribution in [1.82, 2.24) is 14.5 Å². The highest BCUT2D eigenvalue weighted by atomic mass is 16.1. The Morgan fingerprint density at radius 2 is 1.87 bits per heavy atom. The number of hydrogen-bond donors (Lipinski definition) is 1. The quantitative estimate of drug-likeness (QED) is 0.932. The first-order valence-corrected chi connectivity index (χ1v) is 8.86. The van der Waals surface area contributed by atoms with Crippen LogP contribution in [-0.4, -0.2) is 34.1 Å². The molecule has 126 valence electrons. The summed E-state index contributed by atoms with van der Waals surface area (Å²) in [4.78, 5) is 17.8. The van der Waals surface area contributed by atoms with Gasteiger partial charge >= 0.3 is 5.69 Å². The molecule has 0 atom stereocenters. The molecule has 1 aromatic carbocycles. The van der Waals surface area contributed by atoms with Crippen molar-refractivity contribution in [2.75, 3.05) is 19.6 Å². The number of hydrogen-bond acceptors (Lipinski definition) is 2. The van der Waals surface area contributed by atoms with Crippen molar-refractivity contribution in [1.29, 1.82) is 0 Å². The molecule has 1 N–H and O–H groups in total. The number of para-hydroxylation sites is 2. The van der Waals surface area contributed by atoms with Gasteiger partial charge in [-0.05, 0) is 49.8 Å². The fourth-order valence-corrected chi connectivity index (χ4v) is 3.67. The fourth-order valence-electron chi connectivity index (χ4n) is 3.67. The number of aromatic nitrogens is 2. The largest absolute Gasteiger partial charge is 0.326 e. The van der Waals surface area contributed by atoms with Gasteiger partial charge in [-0.1, -0.05) is 32.9 Å². The molecule has 1 fully saturated rings. The van der Waals surface area contributed by atoms with Crippen molar-refractivity contribution >= 4 is 11.0 Å². The topological polar surface area (TPSA) is 41.0 Å². The molecule has 1 aliphatic heterocycles. The molecule has 23 heavy (non-hydrogen) atoms. The minimum atomic E-state index is 0.0392. The number of aromatic amines is 1. The third-order valence-corrected chi connectivity index (χ3v) is 4.95. The second-order valence-electron chi connectivity index (χ2n) is 8.05. The predicted molar refractivity (Wildman–Crippen MR) is 96.0 cm³/mol. The third kappa shape index (κ3) is 3.86. The minimum absolute atomic E-state index is 0.0392. The number of rotatable bonds is 4. The van der Waals surface area contributed by atoms with Gasteiger partial charge in [0.1, 0.15) is 0 Å². The van der Waals surface area contributed by atoms with Gasteiger partial charge in [0.15, 0.2) is 0 Å². The number of H-pyrrole nitrogens is 1. The molecule has 0 unspecified atom stereocenters. The van der Waals surface area contributed by atoms with E-state index in [-0.39, 0.29) is 5.69 Å². The molecule has 0 radical (unpaired) electrons. The van der Waals surface area contributed by atoms with Crippen LogP contribution in [0.3, 0.4) is 0 Å². The third-order valence-electron chi connectivity index (χ3n) is 4.95. The SMILES string of the molecule is CC(C)(C)CCCN1CCC(n2c(=O)[nH]c3ccccc32)CC1. The summed E-state index contributed by atoms with van der Waals surface area (Å²) in [5.74, 6) is 0. The summed E-state index contributed by atoms with van der Waals surface area (Å²) in [6.45, 7) is 10.3. The van der Waals surface area contributed by atoms with Gasteiger partial charge in [-0.2, -0.15) is 0 Å². The normalized spacial score (nSPS) is 17.9. The lowest BCUT2D eigenvalue weighted by Gasteiger charge is -2.33. The van der Waals surface area contributed by atoms with Crippen LogP contribution in [0.1, 0.15) is 52.5 Å². The Bertz CT molecular complexity index is 699. The van der Waals surface area contributed by atoms with E-state index in [0.717, 1.165) is 37.0 Å². The molecule has 1 saturated heterocycles. The second-order valence-corrected chi connectivity index (χ2v) is 8.05. The van der Waals surface area contributed by atoms with Gasteiger partial charge in [0.05, 0.1) is 11.0 Å². The Hall–Kier alpha value is -1.55. The Morgan fingerprint density at radius 3 is 2.57 bits per heavy atom. The maximum atomic E-state index is 12.3. The van der Waals surface area contributed by atoms with E-state index in [4.69, 9.17) is 0 Å². The monoisotopic (exact) mass is 315 g/mol. The summed E-state index contributed by atoms with van der Waals surface area (Å²) in [5, 5.41) is 0. The van der Waals surface area contributed by atoms with Crippen LogP contribution in [0, 0.1) is 5.41 Å². The summed E-state index contributed by atoms with van der Waals surface area (Å²) in [5.41, 5.74) is 2.46. The van der Waals surface area contributed by atoms with E-state index < -0.39 is 0 Å². The Kier molecular flexibility index (Phi) is 4.62. The van der Waals surface area contributed by atoms with Crippen LogP contribution in [0.25, 0.3) is 11.0 Å². The average molecular weight is 315 g/mol. The van der Waals surface area contributed by atoms with E-state index >= 15 is 0 Å². The van der Waals surface area contributed by atoms with Gasteiger partial charge in [-0.15, -0.1) is 0 Å². The molecule has 0 spiro atoms. The molecule has 4 heteroatoms. The molecule has 0 amide bonds. The fraction of sp³-hybridized carbons (Fsp3) is 0.632. The first-order chi connectivity index (χ1) is 10.9. The standard InChI is InChI=1S/C19H29N3O/c1-19(2,3)11-6-12-21-13-9-15(10-14-21)22-17-8-5-4-7-16(17)20-18(22)23/h4-5,7-8,15H,6,9-14H2,1-3H3,(H,20,23). The van der Waals surface area contributed by atoms with E-state index in [1.807, 2.05) is 28.8 Å². The highest BCUT2D eigenvalue weighted by Gasteiger charge is 2.23. The van der Waals surface area contributed by atoms with Gasteiger partial charge in [0.2, 0.25) is 0 Å². The summed E-state index contributed by atoms with van der Waals surface area (Å²) < 4.78 is 1.97. The smallest absolute Gasteiger partial charge is 0.306 e. The second kappa shape index (κ2) is 6.52. The molecule has 0 aliphatic carbocycles. The van der Waals surface area contributed by atoms with Crippen LogP contribution >= 0.6 is 0 Å². The summed E-state index contributed by atoms with van der Waals surface area (Å²) in [6, 6.07) is 8.34. The number of imidazole rings is 1. The van der Waals surface area contributed by atoms with E-state index in [0.29, 0.717) is 11.5 Å². The average Bonchev–Trinajstić information content (AvgIpc) is 2.83. The van der Waals surface area contributed by atoms with Gasteiger partial charge in [-0.3, -0.25) is 4.57 Å². The van der Waals surface area contributed by atoms with Gasteiger partial charge in [0, 0.05) is 19.1 Å². The minimum Gasteiger partial charge on any atom is -0.306 e. The zero-order chi connectivity index (χ0) is 16.4. The molecule has 0 bridgehead atoms. The molecule has 0 saturated carbocycles. The van der Waals surface area contributed by atoms with Crippen LogP contribution in [-0.2, 0) is 0 Å². The number of nitrogens with one attached hydrogen (secondary N) is 1.